The van der Waals surface area contributed by atoms with Gasteiger partial charge in [0.2, 0.25) is 0 Å². The molecule has 0 aliphatic carbocycles. The van der Waals surface area contributed by atoms with Crippen LogP contribution in [0, 0.1) is 0 Å². The number of benzene rings is 1. The molecule has 49 heavy (non-hydrogen) atoms. The highest BCUT2D eigenvalue weighted by Crippen LogP contribution is 2.41. The molecular weight excluding hydrogens is 614 g/mol. The van der Waals surface area contributed by atoms with E-state index in [1.807, 2.05) is 82.1 Å². The van der Waals surface area contributed by atoms with Gasteiger partial charge in [-0.2, -0.15) is 0 Å². The van der Waals surface area contributed by atoms with E-state index >= 15 is 0 Å². The Morgan fingerprint density at radius 2 is 1.55 bits per heavy atom. The van der Waals surface area contributed by atoms with E-state index in [0.29, 0.717) is 31.0 Å². The topological polar surface area (TPSA) is 108 Å². The summed E-state index contributed by atoms with van der Waals surface area (Å²) in [4.78, 5) is 37.6. The minimum absolute atomic E-state index is 0.0687. The van der Waals surface area contributed by atoms with Crippen LogP contribution in [0.5, 0.6) is 0 Å². The fraction of sp³-hybridized carbons (Fsp3) is 0.550. The Balaban J connectivity index is 0.000000226. The molecule has 0 radical (unpaired) electrons. The van der Waals surface area contributed by atoms with Gasteiger partial charge in [-0.15, -0.1) is 0 Å². The van der Waals surface area contributed by atoms with Crippen LogP contribution >= 0.6 is 0 Å². The molecule has 2 aromatic heterocycles. The molecule has 266 valence electrons. The molecule has 2 aliphatic heterocycles. The summed E-state index contributed by atoms with van der Waals surface area (Å²) in [5.74, 6) is 0.427. The molecule has 0 bridgehead atoms. The van der Waals surface area contributed by atoms with Gasteiger partial charge >= 0.3 is 12.1 Å². The van der Waals surface area contributed by atoms with Crippen molar-refractivity contribution in [2.24, 2.45) is 0 Å². The zero-order valence-corrected chi connectivity index (χ0v) is 30.6. The number of likely N-dealkylation sites (tertiary alicyclic amines) is 2. The Labute approximate surface area is 293 Å². The number of nitrogens with zero attached hydrogens (tertiary/aromatic N) is 4. The normalized spacial score (nSPS) is 21.6. The van der Waals surface area contributed by atoms with E-state index in [1.165, 1.54) is 5.56 Å². The Kier molecular flexibility index (Phi) is 12.5. The van der Waals surface area contributed by atoms with Gasteiger partial charge in [0, 0.05) is 61.1 Å². The van der Waals surface area contributed by atoms with E-state index in [9.17, 15) is 14.7 Å². The van der Waals surface area contributed by atoms with Crippen molar-refractivity contribution in [3.63, 3.8) is 0 Å². The highest BCUT2D eigenvalue weighted by atomic mass is 16.6. The summed E-state index contributed by atoms with van der Waals surface area (Å²) >= 11 is 0. The number of pyridine rings is 2. The van der Waals surface area contributed by atoms with E-state index in [4.69, 9.17) is 4.74 Å². The first-order valence-corrected chi connectivity index (χ1v) is 17.7. The molecular formula is C40H57N5O4. The van der Waals surface area contributed by atoms with Crippen molar-refractivity contribution in [3.8, 4) is 0 Å². The molecule has 2 atom stereocenters. The molecule has 2 saturated heterocycles. The Morgan fingerprint density at radius 3 is 2.14 bits per heavy atom. The van der Waals surface area contributed by atoms with Gasteiger partial charge < -0.3 is 25.0 Å². The maximum Gasteiger partial charge on any atom is 0.410 e. The number of aryl methyl sites for hydroxylation is 1. The van der Waals surface area contributed by atoms with Crippen molar-refractivity contribution in [1.29, 1.82) is 0 Å². The van der Waals surface area contributed by atoms with Gasteiger partial charge in [0.15, 0.2) is 0 Å². The number of amides is 3. The number of unbranched alkanes of at least 4 members (excludes halogenated alkanes) is 1. The maximum absolute atomic E-state index is 12.7. The zero-order valence-electron chi connectivity index (χ0n) is 30.6. The van der Waals surface area contributed by atoms with Gasteiger partial charge in [0.25, 0.3) is 0 Å². The number of aromatic nitrogens is 2. The predicted molar refractivity (Wildman–Crippen MR) is 194 cm³/mol. The first-order chi connectivity index (χ1) is 23.1. The average molecular weight is 672 g/mol. The first-order valence-electron chi connectivity index (χ1n) is 17.7. The second kappa shape index (κ2) is 16.2. The zero-order chi connectivity index (χ0) is 35.7. The molecule has 0 saturated carbocycles. The summed E-state index contributed by atoms with van der Waals surface area (Å²) in [6, 6.07) is 22.2. The molecule has 9 nitrogen and oxygen atoms in total. The number of urea groups is 1. The number of piperidine rings is 2. The Hall–Kier alpha value is -3.98. The van der Waals surface area contributed by atoms with Crippen LogP contribution in [-0.2, 0) is 16.8 Å². The molecule has 4 heterocycles. The van der Waals surface area contributed by atoms with E-state index in [0.717, 1.165) is 50.9 Å². The van der Waals surface area contributed by atoms with Crippen molar-refractivity contribution in [2.45, 2.75) is 122 Å². The Bertz CT molecular complexity index is 1480. The molecule has 2 fully saturated rings. The van der Waals surface area contributed by atoms with Gasteiger partial charge in [-0.3, -0.25) is 9.97 Å². The van der Waals surface area contributed by atoms with Crippen LogP contribution in [0.2, 0.25) is 0 Å². The minimum Gasteiger partial charge on any atom is -0.444 e. The lowest BCUT2D eigenvalue weighted by Gasteiger charge is -2.48. The number of aliphatic hydroxyl groups is 1. The third kappa shape index (κ3) is 10.8. The highest BCUT2D eigenvalue weighted by Gasteiger charge is 2.47. The smallest absolute Gasteiger partial charge is 0.410 e. The fourth-order valence-corrected chi connectivity index (χ4v) is 7.05. The van der Waals surface area contributed by atoms with Gasteiger partial charge in [-0.25, -0.2) is 9.59 Å². The van der Waals surface area contributed by atoms with Gasteiger partial charge in [-0.05, 0) is 117 Å². The summed E-state index contributed by atoms with van der Waals surface area (Å²) in [6.07, 6.45) is 9.17. The summed E-state index contributed by atoms with van der Waals surface area (Å²) in [5, 5.41) is 14.1. The van der Waals surface area contributed by atoms with Gasteiger partial charge in [0.05, 0.1) is 5.69 Å². The molecule has 3 aromatic rings. The van der Waals surface area contributed by atoms with Crippen molar-refractivity contribution >= 4 is 12.1 Å². The van der Waals surface area contributed by atoms with E-state index in [2.05, 4.69) is 59.5 Å². The summed E-state index contributed by atoms with van der Waals surface area (Å²) in [5.41, 5.74) is 0.965. The highest BCUT2D eigenvalue weighted by molar-refractivity contribution is 5.75. The van der Waals surface area contributed by atoms with Crippen LogP contribution in [0.4, 0.5) is 9.59 Å². The number of nitrogens with one attached hydrogen (secondary N) is 1. The number of rotatable bonds is 7. The number of hydrogen-bond acceptors (Lipinski definition) is 6. The van der Waals surface area contributed by atoms with Crippen LogP contribution in [-0.4, -0.2) is 73.3 Å². The number of hydrogen-bond donors (Lipinski definition) is 2. The first kappa shape index (κ1) is 37.8. The van der Waals surface area contributed by atoms with Crippen molar-refractivity contribution in [2.75, 3.05) is 19.6 Å². The second-order valence-corrected chi connectivity index (χ2v) is 15.7. The molecule has 2 aliphatic rings. The van der Waals surface area contributed by atoms with E-state index < -0.39 is 16.7 Å². The maximum atomic E-state index is 12.7. The number of carbonyl (C=O) groups excluding carboxylic acids is 2. The molecule has 2 N–H and O–H groups in total. The molecule has 1 aromatic carbocycles. The van der Waals surface area contributed by atoms with Gasteiger partial charge in [-0.1, -0.05) is 42.5 Å². The second-order valence-electron chi connectivity index (χ2n) is 15.7. The van der Waals surface area contributed by atoms with E-state index in [-0.39, 0.29) is 17.7 Å². The van der Waals surface area contributed by atoms with E-state index in [1.54, 1.807) is 11.1 Å². The third-order valence-corrected chi connectivity index (χ3v) is 9.50. The number of ether oxygens (including phenoxy) is 1. The summed E-state index contributed by atoms with van der Waals surface area (Å²) in [6.45, 7) is 15.7. The van der Waals surface area contributed by atoms with Crippen LogP contribution in [0.15, 0.2) is 79.1 Å². The van der Waals surface area contributed by atoms with Crippen LogP contribution in [0.25, 0.3) is 0 Å². The van der Waals surface area contributed by atoms with Crippen molar-refractivity contribution in [3.05, 3.63) is 96.1 Å². The SMILES string of the molecule is CC(C)(C)OC(=O)N1CCC(O)(c2ccccn2)CC1(C)C.CC1(C)CC(c2ccccn2)CCN1C(=O)NCCCCc1ccccc1. The summed E-state index contributed by atoms with van der Waals surface area (Å²) in [7, 11) is 0. The van der Waals surface area contributed by atoms with Crippen molar-refractivity contribution < 1.29 is 19.4 Å². The largest absolute Gasteiger partial charge is 0.444 e. The van der Waals surface area contributed by atoms with Crippen LogP contribution < -0.4 is 5.32 Å². The molecule has 3 amide bonds. The fourth-order valence-electron chi connectivity index (χ4n) is 7.05. The quantitative estimate of drug-likeness (QED) is 0.248. The van der Waals surface area contributed by atoms with Gasteiger partial charge in [0.1, 0.15) is 11.2 Å². The van der Waals surface area contributed by atoms with Crippen LogP contribution in [0.3, 0.4) is 0 Å². The van der Waals surface area contributed by atoms with Crippen molar-refractivity contribution in [1.82, 2.24) is 25.1 Å². The minimum atomic E-state index is -1.01. The summed E-state index contributed by atoms with van der Waals surface area (Å²) < 4.78 is 5.48. The lowest BCUT2D eigenvalue weighted by atomic mass is 9.77. The third-order valence-electron chi connectivity index (χ3n) is 9.50. The lowest BCUT2D eigenvalue weighted by Crippen LogP contribution is -2.58. The molecule has 2 unspecified atom stereocenters. The standard InChI is InChI=1S/C23H31N3O.C17H26N2O3/c1-23(2)18-20(21-13-7-9-15-24-21)14-17-26(23)22(27)25-16-8-6-12-19-10-4-3-5-11-19;1-15(2,3)22-14(20)19-11-9-17(21,12-16(19,4)5)13-8-6-7-10-18-13/h3-5,7,9-11,13,15,20H,6,8,12,14,16-18H2,1-2H3,(H,25,27);6-8,10,21H,9,11-12H2,1-5H3. The van der Waals surface area contributed by atoms with Crippen LogP contribution in [0.1, 0.15) is 110 Å². The molecule has 9 heteroatoms. The lowest BCUT2D eigenvalue weighted by molar-refractivity contribution is -0.0850. The molecule has 5 rings (SSSR count). The number of carbonyl (C=O) groups is 2. The molecule has 0 spiro atoms. The average Bonchev–Trinajstić information content (AvgIpc) is 3.04. The Morgan fingerprint density at radius 1 is 0.878 bits per heavy atom. The predicted octanol–water partition coefficient (Wildman–Crippen LogP) is 7.85. The monoisotopic (exact) mass is 671 g/mol.